The van der Waals surface area contributed by atoms with Crippen molar-refractivity contribution in [2.24, 2.45) is 0 Å². The molecule has 146 valence electrons. The highest BCUT2D eigenvalue weighted by Crippen LogP contribution is 2.30. The third-order valence-electron chi connectivity index (χ3n) is 3.96. The number of methoxy groups -OCH3 is 1. The number of carbonyl (C=O) groups excluding carboxylic acids is 1. The van der Waals surface area contributed by atoms with Crippen LogP contribution in [0.25, 0.3) is 0 Å². The molecule has 0 heterocycles. The van der Waals surface area contributed by atoms with Crippen molar-refractivity contribution in [1.82, 2.24) is 4.31 Å². The lowest BCUT2D eigenvalue weighted by Crippen LogP contribution is -2.36. The molecule has 2 aromatic rings. The maximum absolute atomic E-state index is 12.9. The van der Waals surface area contributed by atoms with Crippen LogP contribution in [0.3, 0.4) is 0 Å². The number of ether oxygens (including phenoxy) is 1. The fraction of sp³-hybridized carbons (Fsp3) is 0.278. The molecule has 0 bridgehead atoms. The first-order valence-corrected chi connectivity index (χ1v) is 9.28. The topological polar surface area (TPSA) is 63.7 Å². The highest BCUT2D eigenvalue weighted by Gasteiger charge is 2.32. The zero-order chi connectivity index (χ0) is 20.2. The zero-order valence-electron chi connectivity index (χ0n) is 14.7. The summed E-state index contributed by atoms with van der Waals surface area (Å²) in [6.07, 6.45) is -4.57. The fourth-order valence-corrected chi connectivity index (χ4v) is 3.74. The van der Waals surface area contributed by atoms with Crippen LogP contribution in [0.5, 0.6) is 0 Å². The molecule has 0 atom stereocenters. The maximum atomic E-state index is 12.9. The number of esters is 1. The van der Waals surface area contributed by atoms with Gasteiger partial charge in [0.2, 0.25) is 10.0 Å². The number of sulfonamides is 1. The van der Waals surface area contributed by atoms with Crippen LogP contribution in [-0.4, -0.2) is 32.3 Å². The van der Waals surface area contributed by atoms with Gasteiger partial charge >= 0.3 is 12.1 Å². The second kappa shape index (κ2) is 8.10. The first-order valence-electron chi connectivity index (χ1n) is 7.84. The zero-order valence-corrected chi connectivity index (χ0v) is 15.5. The lowest BCUT2D eigenvalue weighted by atomic mass is 10.1. The summed E-state index contributed by atoms with van der Waals surface area (Å²) >= 11 is 0. The third kappa shape index (κ3) is 5.08. The summed E-state index contributed by atoms with van der Waals surface area (Å²) in [6, 6.07) is 10.1. The number of alkyl halides is 3. The lowest BCUT2D eigenvalue weighted by Gasteiger charge is -2.22. The smallest absolute Gasteiger partial charge is 0.416 e. The minimum Gasteiger partial charge on any atom is -0.468 e. The molecule has 0 radical (unpaired) electrons. The molecule has 0 aliphatic heterocycles. The number of rotatable bonds is 6. The fourth-order valence-electron chi connectivity index (χ4n) is 2.38. The van der Waals surface area contributed by atoms with E-state index in [9.17, 15) is 26.4 Å². The number of aryl methyl sites for hydroxylation is 1. The van der Waals surface area contributed by atoms with Crippen molar-refractivity contribution < 1.29 is 31.1 Å². The monoisotopic (exact) mass is 401 g/mol. The Balaban J connectivity index is 2.40. The Bertz CT molecular complexity index is 909. The van der Waals surface area contributed by atoms with Crippen LogP contribution < -0.4 is 0 Å². The summed E-state index contributed by atoms with van der Waals surface area (Å²) in [4.78, 5) is 11.3. The second-order valence-electron chi connectivity index (χ2n) is 5.80. The molecule has 0 fully saturated rings. The number of benzene rings is 2. The van der Waals surface area contributed by atoms with Gasteiger partial charge in [-0.25, -0.2) is 8.42 Å². The second-order valence-corrected chi connectivity index (χ2v) is 7.74. The van der Waals surface area contributed by atoms with Gasteiger partial charge in [-0.1, -0.05) is 24.3 Å². The van der Waals surface area contributed by atoms with E-state index in [1.807, 2.05) is 0 Å². The molecule has 2 rings (SSSR count). The minimum absolute atomic E-state index is 0.120. The number of nitrogens with zero attached hydrogens (tertiary/aromatic N) is 1. The molecule has 0 unspecified atom stereocenters. The molecule has 0 amide bonds. The Morgan fingerprint density at radius 2 is 1.67 bits per heavy atom. The summed E-state index contributed by atoms with van der Waals surface area (Å²) in [5.41, 5.74) is 0.520. The van der Waals surface area contributed by atoms with E-state index >= 15 is 0 Å². The van der Waals surface area contributed by atoms with Crippen molar-refractivity contribution >= 4 is 16.0 Å². The van der Waals surface area contributed by atoms with Gasteiger partial charge in [0, 0.05) is 6.54 Å². The third-order valence-corrected chi connectivity index (χ3v) is 5.77. The van der Waals surface area contributed by atoms with Crippen LogP contribution >= 0.6 is 0 Å². The maximum Gasteiger partial charge on any atom is 0.416 e. The van der Waals surface area contributed by atoms with Gasteiger partial charge < -0.3 is 4.74 Å². The summed E-state index contributed by atoms with van der Waals surface area (Å²) in [6.45, 7) is 1.11. The lowest BCUT2D eigenvalue weighted by molar-refractivity contribution is -0.141. The molecule has 0 saturated heterocycles. The number of halogens is 3. The van der Waals surface area contributed by atoms with E-state index < -0.39 is 34.3 Å². The Morgan fingerprint density at radius 1 is 1.07 bits per heavy atom. The van der Waals surface area contributed by atoms with Crippen molar-refractivity contribution in [2.45, 2.75) is 24.5 Å². The molecular weight excluding hydrogens is 383 g/mol. The minimum atomic E-state index is -4.57. The molecule has 0 spiro atoms. The average Bonchev–Trinajstić information content (AvgIpc) is 2.62. The van der Waals surface area contributed by atoms with Crippen molar-refractivity contribution in [1.29, 1.82) is 0 Å². The van der Waals surface area contributed by atoms with Crippen LogP contribution in [0.4, 0.5) is 13.2 Å². The van der Waals surface area contributed by atoms with Crippen LogP contribution in [0.2, 0.25) is 0 Å². The SMILES string of the molecule is COC(=O)CN(Cc1ccccc1C)S(=O)(=O)c1ccc(C(F)(F)F)cc1. The normalized spacial score (nSPS) is 12.2. The largest absolute Gasteiger partial charge is 0.468 e. The van der Waals surface area contributed by atoms with Gasteiger partial charge in [-0.2, -0.15) is 17.5 Å². The van der Waals surface area contributed by atoms with E-state index in [0.29, 0.717) is 17.7 Å². The van der Waals surface area contributed by atoms with Crippen molar-refractivity contribution in [2.75, 3.05) is 13.7 Å². The molecule has 27 heavy (non-hydrogen) atoms. The summed E-state index contributed by atoms with van der Waals surface area (Å²) in [5.74, 6) is -0.779. The van der Waals surface area contributed by atoms with Gasteiger partial charge in [0.15, 0.2) is 0 Å². The number of hydrogen-bond acceptors (Lipinski definition) is 4. The van der Waals surface area contributed by atoms with Crippen molar-refractivity contribution in [3.63, 3.8) is 0 Å². The van der Waals surface area contributed by atoms with E-state index in [2.05, 4.69) is 4.74 Å². The molecule has 2 aromatic carbocycles. The van der Waals surface area contributed by atoms with E-state index in [1.54, 1.807) is 31.2 Å². The van der Waals surface area contributed by atoms with Gasteiger partial charge in [0.25, 0.3) is 0 Å². The summed E-state index contributed by atoms with van der Waals surface area (Å²) in [7, 11) is -3.09. The Labute approximate surface area is 155 Å². The van der Waals surface area contributed by atoms with Crippen molar-refractivity contribution in [3.05, 3.63) is 65.2 Å². The van der Waals surface area contributed by atoms with E-state index in [0.717, 1.165) is 29.1 Å². The Morgan fingerprint density at radius 3 is 2.19 bits per heavy atom. The molecule has 9 heteroatoms. The van der Waals surface area contributed by atoms with Gasteiger partial charge in [0.1, 0.15) is 6.54 Å². The molecule has 0 saturated carbocycles. The molecule has 0 aliphatic rings. The van der Waals surface area contributed by atoms with E-state index in [-0.39, 0.29) is 11.4 Å². The van der Waals surface area contributed by atoms with E-state index in [4.69, 9.17) is 0 Å². The predicted molar refractivity (Wildman–Crippen MR) is 92.2 cm³/mol. The van der Waals surface area contributed by atoms with Gasteiger partial charge in [-0.05, 0) is 42.3 Å². The van der Waals surface area contributed by atoms with Gasteiger partial charge in [-0.15, -0.1) is 0 Å². The predicted octanol–water partition coefficient (Wildman–Crippen LogP) is 3.38. The first-order chi connectivity index (χ1) is 12.6. The molecular formula is C18H18F3NO4S. The standard InChI is InChI=1S/C18H18F3NO4S/c1-13-5-3-4-6-14(13)11-22(12-17(23)26-2)27(24,25)16-9-7-15(8-10-16)18(19,20)21/h3-10H,11-12H2,1-2H3. The quantitative estimate of drug-likeness (QED) is 0.697. The molecule has 5 nitrogen and oxygen atoms in total. The molecule has 0 N–H and O–H groups in total. The van der Waals surface area contributed by atoms with Crippen LogP contribution in [0.1, 0.15) is 16.7 Å². The highest BCUT2D eigenvalue weighted by molar-refractivity contribution is 7.89. The van der Waals surface area contributed by atoms with Crippen LogP contribution in [0.15, 0.2) is 53.4 Å². The highest BCUT2D eigenvalue weighted by atomic mass is 32.2. The number of carbonyl (C=O) groups is 1. The van der Waals surface area contributed by atoms with Gasteiger partial charge in [-0.3, -0.25) is 4.79 Å². The van der Waals surface area contributed by atoms with Crippen LogP contribution in [-0.2, 0) is 32.3 Å². The Hall–Kier alpha value is -2.39. The van der Waals surface area contributed by atoms with Crippen molar-refractivity contribution in [3.8, 4) is 0 Å². The first kappa shape index (κ1) is 20.9. The summed E-state index contributed by atoms with van der Waals surface area (Å²) < 4.78 is 69.3. The molecule has 0 aliphatic carbocycles. The summed E-state index contributed by atoms with van der Waals surface area (Å²) in [5, 5.41) is 0. The average molecular weight is 401 g/mol. The van der Waals surface area contributed by atoms with Crippen LogP contribution in [0, 0.1) is 6.92 Å². The van der Waals surface area contributed by atoms with E-state index in [1.165, 1.54) is 0 Å². The molecule has 0 aromatic heterocycles. The Kier molecular flexibility index (Phi) is 6.27. The van der Waals surface area contributed by atoms with Gasteiger partial charge in [0.05, 0.1) is 17.6 Å². The number of hydrogen-bond donors (Lipinski definition) is 0.